The molecule has 354 valence electrons. The van der Waals surface area contributed by atoms with E-state index in [1.54, 1.807) is 6.07 Å². The number of hydrogen-bond acceptors (Lipinski definition) is 7. The molecular formula is C57H67ClN2O7. The summed E-state index contributed by atoms with van der Waals surface area (Å²) in [6, 6.07) is 41.0. The van der Waals surface area contributed by atoms with Gasteiger partial charge in [0.15, 0.2) is 5.60 Å². The van der Waals surface area contributed by atoms with E-state index < -0.39 is 29.3 Å². The average molecular weight is 928 g/mol. The number of fused-ring (bicyclic) bond motifs is 3. The second-order valence-corrected chi connectivity index (χ2v) is 18.9. The molecule has 1 aliphatic rings. The zero-order chi connectivity index (χ0) is 47.5. The highest BCUT2D eigenvalue weighted by Gasteiger charge is 2.44. The van der Waals surface area contributed by atoms with Gasteiger partial charge in [-0.05, 0) is 61.9 Å². The zero-order valence-corrected chi connectivity index (χ0v) is 40.2. The van der Waals surface area contributed by atoms with Crippen LogP contribution in [0.3, 0.4) is 0 Å². The smallest absolute Gasteiger partial charge is 0.407 e. The minimum atomic E-state index is -1.51. The van der Waals surface area contributed by atoms with Gasteiger partial charge < -0.3 is 24.8 Å². The number of esters is 2. The van der Waals surface area contributed by atoms with Crippen LogP contribution in [0.4, 0.5) is 4.79 Å². The fourth-order valence-electron chi connectivity index (χ4n) is 8.97. The first-order valence-corrected chi connectivity index (χ1v) is 24.5. The van der Waals surface area contributed by atoms with Gasteiger partial charge >= 0.3 is 18.0 Å². The molecule has 0 saturated carbocycles. The van der Waals surface area contributed by atoms with E-state index in [1.807, 2.05) is 124 Å². The Morgan fingerprint density at radius 3 is 1.55 bits per heavy atom. The van der Waals surface area contributed by atoms with Gasteiger partial charge in [0.25, 0.3) is 0 Å². The van der Waals surface area contributed by atoms with E-state index in [1.165, 1.54) is 25.7 Å². The van der Waals surface area contributed by atoms with Crippen molar-refractivity contribution in [1.82, 2.24) is 10.6 Å². The Kier molecular flexibility index (Phi) is 19.0. The maximum absolute atomic E-state index is 14.7. The van der Waals surface area contributed by atoms with Gasteiger partial charge in [0, 0.05) is 40.5 Å². The Balaban J connectivity index is 1.05. The highest BCUT2D eigenvalue weighted by molar-refractivity contribution is 6.31. The van der Waals surface area contributed by atoms with E-state index >= 15 is 0 Å². The summed E-state index contributed by atoms with van der Waals surface area (Å²) in [6.07, 6.45) is 12.6. The topological polar surface area (TPSA) is 120 Å². The molecule has 0 spiro atoms. The van der Waals surface area contributed by atoms with Crippen molar-refractivity contribution in [1.29, 1.82) is 0 Å². The quantitative estimate of drug-likeness (QED) is 0.0259. The van der Waals surface area contributed by atoms with Gasteiger partial charge in [0.05, 0.1) is 6.54 Å². The van der Waals surface area contributed by atoms with Gasteiger partial charge in [-0.3, -0.25) is 9.59 Å². The van der Waals surface area contributed by atoms with E-state index in [0.717, 1.165) is 67.2 Å². The molecule has 2 amide bonds. The monoisotopic (exact) mass is 926 g/mol. The maximum Gasteiger partial charge on any atom is 0.407 e. The average Bonchev–Trinajstić information content (AvgIpc) is 3.65. The number of hydrogen-bond donors (Lipinski definition) is 2. The lowest BCUT2D eigenvalue weighted by Crippen LogP contribution is -2.51. The first kappa shape index (κ1) is 50.5. The SMILES string of the molecule is CC(C)(C)OC(=O)CCCCCCCCCCCCCCC(=O)N[C@@H](CNC(=O)OCC1c2ccccc2-c2ccccc21)C(=O)OC(c1ccccc1)(c1ccccc1)c1ccccc1Cl. The second kappa shape index (κ2) is 25.3. The van der Waals surface area contributed by atoms with Crippen LogP contribution in [0.1, 0.15) is 144 Å². The van der Waals surface area contributed by atoms with Crippen LogP contribution in [0.5, 0.6) is 0 Å². The van der Waals surface area contributed by atoms with Crippen LogP contribution >= 0.6 is 11.6 Å². The molecule has 0 aromatic heterocycles. The van der Waals surface area contributed by atoms with Crippen LogP contribution in [0.15, 0.2) is 133 Å². The Morgan fingerprint density at radius 2 is 1.03 bits per heavy atom. The van der Waals surface area contributed by atoms with E-state index in [4.69, 9.17) is 25.8 Å². The molecule has 0 fully saturated rings. The number of carbonyl (C=O) groups is 4. The first-order chi connectivity index (χ1) is 32.5. The molecule has 67 heavy (non-hydrogen) atoms. The summed E-state index contributed by atoms with van der Waals surface area (Å²) in [6.45, 7) is 5.52. The van der Waals surface area contributed by atoms with Gasteiger partial charge in [-0.15, -0.1) is 0 Å². The lowest BCUT2D eigenvalue weighted by Gasteiger charge is -2.37. The second-order valence-electron chi connectivity index (χ2n) is 18.5. The molecule has 0 unspecified atom stereocenters. The fraction of sp³-hybridized carbons (Fsp3) is 0.404. The van der Waals surface area contributed by atoms with Crippen molar-refractivity contribution >= 4 is 35.5 Å². The highest BCUT2D eigenvalue weighted by Crippen LogP contribution is 2.45. The number of unbranched alkanes of at least 4 members (excludes halogenated alkanes) is 11. The molecule has 5 aromatic rings. The number of benzene rings is 5. The van der Waals surface area contributed by atoms with E-state index in [2.05, 4.69) is 34.9 Å². The lowest BCUT2D eigenvalue weighted by atomic mass is 9.80. The minimum Gasteiger partial charge on any atom is -0.460 e. The third-order valence-electron chi connectivity index (χ3n) is 12.2. The molecule has 0 bridgehead atoms. The molecule has 9 nitrogen and oxygen atoms in total. The molecule has 0 radical (unpaired) electrons. The Labute approximate surface area is 402 Å². The molecule has 1 atom stereocenters. The van der Waals surface area contributed by atoms with Crippen LogP contribution in [0.25, 0.3) is 11.1 Å². The van der Waals surface area contributed by atoms with Gasteiger partial charge in [-0.25, -0.2) is 9.59 Å². The van der Waals surface area contributed by atoms with Crippen molar-refractivity contribution in [3.63, 3.8) is 0 Å². The van der Waals surface area contributed by atoms with Crippen LogP contribution in [-0.4, -0.2) is 48.7 Å². The third kappa shape index (κ3) is 14.5. The van der Waals surface area contributed by atoms with Gasteiger partial charge in [-0.2, -0.15) is 0 Å². The van der Waals surface area contributed by atoms with E-state index in [-0.39, 0.29) is 37.4 Å². The number of nitrogens with one attached hydrogen (secondary N) is 2. The number of rotatable bonds is 25. The van der Waals surface area contributed by atoms with Crippen LogP contribution in [-0.2, 0) is 34.2 Å². The molecular weight excluding hydrogens is 860 g/mol. The number of ether oxygens (including phenoxy) is 3. The molecule has 0 aliphatic heterocycles. The lowest BCUT2D eigenvalue weighted by molar-refractivity contribution is -0.157. The van der Waals surface area contributed by atoms with E-state index in [9.17, 15) is 19.2 Å². The number of alkyl carbamates (subject to hydrolysis) is 1. The van der Waals surface area contributed by atoms with Crippen LogP contribution < -0.4 is 10.6 Å². The van der Waals surface area contributed by atoms with Gasteiger partial charge in [0.2, 0.25) is 5.91 Å². The van der Waals surface area contributed by atoms with Gasteiger partial charge in [-0.1, -0.05) is 203 Å². The van der Waals surface area contributed by atoms with Crippen molar-refractivity contribution < 1.29 is 33.4 Å². The summed E-state index contributed by atoms with van der Waals surface area (Å²) in [5.41, 5.74) is 4.32. The predicted octanol–water partition coefficient (Wildman–Crippen LogP) is 13.0. The molecule has 5 aromatic carbocycles. The van der Waals surface area contributed by atoms with Crippen LogP contribution in [0, 0.1) is 0 Å². The summed E-state index contributed by atoms with van der Waals surface area (Å²) < 4.78 is 17.9. The van der Waals surface area contributed by atoms with Crippen molar-refractivity contribution in [2.75, 3.05) is 13.2 Å². The van der Waals surface area contributed by atoms with Gasteiger partial charge in [0.1, 0.15) is 18.2 Å². The molecule has 2 N–H and O–H groups in total. The normalized spacial score (nSPS) is 12.7. The zero-order valence-electron chi connectivity index (χ0n) is 39.4. The van der Waals surface area contributed by atoms with Crippen molar-refractivity contribution in [3.8, 4) is 11.1 Å². The summed E-state index contributed by atoms with van der Waals surface area (Å²) in [4.78, 5) is 53.8. The van der Waals surface area contributed by atoms with E-state index in [0.29, 0.717) is 34.6 Å². The highest BCUT2D eigenvalue weighted by atomic mass is 35.5. The molecule has 6 rings (SSSR count). The Bertz CT molecular complexity index is 2280. The fourth-order valence-corrected chi connectivity index (χ4v) is 9.24. The summed E-state index contributed by atoms with van der Waals surface area (Å²) in [5, 5.41) is 6.06. The summed E-state index contributed by atoms with van der Waals surface area (Å²) in [7, 11) is 0. The molecule has 1 aliphatic carbocycles. The molecule has 0 saturated heterocycles. The molecule has 0 heterocycles. The van der Waals surface area contributed by atoms with Crippen LogP contribution in [0.2, 0.25) is 5.02 Å². The van der Waals surface area contributed by atoms with Crippen molar-refractivity contribution in [2.45, 2.75) is 134 Å². The standard InChI is InChI=1S/C57H67ClN2O7/c1-56(2,3)66-53(62)39-21-13-11-9-7-5-4-6-8-10-12-20-38-52(61)60-51(40-59-55(64)65-41-48-46-34-24-22-32-44(46)45-33-23-25-35-47(45)48)54(63)67-57(42-28-16-14-17-29-42,43-30-18-15-19-31-43)49-36-26-27-37-50(49)58/h14-19,22-37,48,51H,4-13,20-21,38-41H2,1-3H3,(H,59,64)(H,60,61)/t51-/m0/s1. The molecule has 10 heteroatoms. The van der Waals surface area contributed by atoms with Crippen molar-refractivity contribution in [3.05, 3.63) is 166 Å². The number of halogens is 1. The first-order valence-electron chi connectivity index (χ1n) is 24.2. The minimum absolute atomic E-state index is 0.0949. The largest absolute Gasteiger partial charge is 0.460 e. The summed E-state index contributed by atoms with van der Waals surface area (Å²) >= 11 is 6.93. The summed E-state index contributed by atoms with van der Waals surface area (Å²) in [5.74, 6) is -1.32. The Morgan fingerprint density at radius 1 is 0.567 bits per heavy atom. The third-order valence-corrected chi connectivity index (χ3v) is 12.6. The number of carbonyl (C=O) groups excluding carboxylic acids is 4. The Hall–Kier alpha value is -5.93. The number of amides is 2. The predicted molar refractivity (Wildman–Crippen MR) is 266 cm³/mol. The van der Waals surface area contributed by atoms with Crippen molar-refractivity contribution in [2.24, 2.45) is 0 Å². The maximum atomic E-state index is 14.7.